The summed E-state index contributed by atoms with van der Waals surface area (Å²) in [6.45, 7) is 2.18. The Labute approximate surface area is 156 Å². The van der Waals surface area contributed by atoms with Gasteiger partial charge in [0.25, 0.3) is 0 Å². The van der Waals surface area contributed by atoms with E-state index in [1.807, 2.05) is 17.8 Å². The third-order valence-corrected chi connectivity index (χ3v) is 5.47. The standard InChI is InChI=1S/C20H23FN4O2/c1-24-10-7-22-20(24)19(27)13-5-8-25(9-6-13)12-14-11-17(26)15-3-2-4-16(21)18(15)23-14/h2-4,7,10-11,13,19,27H,5-6,8-9,12H2,1H3,(H,23,26). The zero-order valence-corrected chi connectivity index (χ0v) is 15.2. The molecular weight excluding hydrogens is 347 g/mol. The molecule has 1 aliphatic rings. The van der Waals surface area contributed by atoms with Crippen LogP contribution in [0.1, 0.15) is 30.5 Å². The zero-order chi connectivity index (χ0) is 19.0. The van der Waals surface area contributed by atoms with Crippen LogP contribution in [0.15, 0.2) is 41.5 Å². The summed E-state index contributed by atoms with van der Waals surface area (Å²) < 4.78 is 15.9. The molecule has 2 N–H and O–H groups in total. The Morgan fingerprint density at radius 3 is 2.85 bits per heavy atom. The smallest absolute Gasteiger partial charge is 0.189 e. The number of likely N-dealkylation sites (tertiary alicyclic amines) is 1. The molecule has 1 atom stereocenters. The molecule has 0 spiro atoms. The number of fused-ring (bicyclic) bond motifs is 1. The predicted molar refractivity (Wildman–Crippen MR) is 101 cm³/mol. The summed E-state index contributed by atoms with van der Waals surface area (Å²) in [5.41, 5.74) is 0.805. The number of aliphatic hydroxyl groups is 1. The maximum atomic E-state index is 14.0. The number of nitrogens with one attached hydrogen (secondary N) is 1. The summed E-state index contributed by atoms with van der Waals surface area (Å²) in [7, 11) is 1.88. The van der Waals surface area contributed by atoms with Gasteiger partial charge in [0.05, 0.1) is 5.52 Å². The molecule has 2 aromatic heterocycles. The summed E-state index contributed by atoms with van der Waals surface area (Å²) in [5, 5.41) is 11.0. The van der Waals surface area contributed by atoms with Gasteiger partial charge in [-0.15, -0.1) is 0 Å². The average molecular weight is 370 g/mol. The van der Waals surface area contributed by atoms with E-state index in [0.717, 1.165) is 25.9 Å². The third-order valence-electron chi connectivity index (χ3n) is 5.47. The van der Waals surface area contributed by atoms with Crippen molar-refractivity contribution < 1.29 is 9.50 Å². The fourth-order valence-corrected chi connectivity index (χ4v) is 3.91. The minimum absolute atomic E-state index is 0.162. The van der Waals surface area contributed by atoms with Crippen molar-refractivity contribution in [2.45, 2.75) is 25.5 Å². The van der Waals surface area contributed by atoms with Crippen molar-refractivity contribution in [1.82, 2.24) is 19.4 Å². The lowest BCUT2D eigenvalue weighted by molar-refractivity contribution is 0.0489. The van der Waals surface area contributed by atoms with Crippen molar-refractivity contribution in [3.8, 4) is 0 Å². The molecule has 0 aliphatic carbocycles. The van der Waals surface area contributed by atoms with Crippen LogP contribution in [0, 0.1) is 11.7 Å². The van der Waals surface area contributed by atoms with Crippen molar-refractivity contribution in [1.29, 1.82) is 0 Å². The number of rotatable bonds is 4. The monoisotopic (exact) mass is 370 g/mol. The van der Waals surface area contributed by atoms with Crippen molar-refractivity contribution in [3.05, 3.63) is 64.2 Å². The number of aromatic amines is 1. The molecule has 0 amide bonds. The molecule has 0 radical (unpaired) electrons. The summed E-state index contributed by atoms with van der Waals surface area (Å²) in [6, 6.07) is 6.08. The van der Waals surface area contributed by atoms with Gasteiger partial charge in [0, 0.05) is 43.1 Å². The van der Waals surface area contributed by atoms with Gasteiger partial charge in [-0.2, -0.15) is 0 Å². The number of aryl methyl sites for hydroxylation is 1. The van der Waals surface area contributed by atoms with E-state index in [0.29, 0.717) is 23.4 Å². The van der Waals surface area contributed by atoms with Gasteiger partial charge in [-0.1, -0.05) is 6.07 Å². The van der Waals surface area contributed by atoms with Gasteiger partial charge in [0.2, 0.25) is 0 Å². The molecule has 3 heterocycles. The molecule has 1 unspecified atom stereocenters. The summed E-state index contributed by atoms with van der Waals surface area (Å²) in [5.74, 6) is 0.446. The summed E-state index contributed by atoms with van der Waals surface area (Å²) in [4.78, 5) is 21.8. The molecule has 1 aromatic carbocycles. The van der Waals surface area contributed by atoms with Crippen LogP contribution in [0.3, 0.4) is 0 Å². The van der Waals surface area contributed by atoms with E-state index in [-0.39, 0.29) is 16.9 Å². The number of pyridine rings is 1. The van der Waals surface area contributed by atoms with Crippen molar-refractivity contribution in [3.63, 3.8) is 0 Å². The Morgan fingerprint density at radius 2 is 2.15 bits per heavy atom. The summed E-state index contributed by atoms with van der Waals surface area (Å²) in [6.07, 6.45) is 4.66. The lowest BCUT2D eigenvalue weighted by Crippen LogP contribution is -2.36. The first-order valence-corrected chi connectivity index (χ1v) is 9.21. The van der Waals surface area contributed by atoms with Gasteiger partial charge in [0.15, 0.2) is 5.43 Å². The summed E-state index contributed by atoms with van der Waals surface area (Å²) >= 11 is 0. The van der Waals surface area contributed by atoms with Crippen LogP contribution in [0.5, 0.6) is 0 Å². The molecule has 4 rings (SSSR count). The SMILES string of the molecule is Cn1ccnc1C(O)C1CCN(Cc2cc(=O)c3cccc(F)c3[nH]2)CC1. The molecule has 3 aromatic rings. The fourth-order valence-electron chi connectivity index (χ4n) is 3.91. The number of halogens is 1. The van der Waals surface area contributed by atoms with E-state index in [4.69, 9.17) is 0 Å². The lowest BCUT2D eigenvalue weighted by atomic mass is 9.90. The minimum Gasteiger partial charge on any atom is -0.385 e. The number of nitrogens with zero attached hydrogens (tertiary/aromatic N) is 3. The second-order valence-electron chi connectivity index (χ2n) is 7.28. The number of aliphatic hydroxyl groups excluding tert-OH is 1. The molecule has 142 valence electrons. The number of imidazole rings is 1. The minimum atomic E-state index is -0.568. The Balaban J connectivity index is 1.44. The highest BCUT2D eigenvalue weighted by atomic mass is 19.1. The largest absolute Gasteiger partial charge is 0.385 e. The molecule has 1 fully saturated rings. The Hall–Kier alpha value is -2.51. The van der Waals surface area contributed by atoms with E-state index in [9.17, 15) is 14.3 Å². The molecular formula is C20H23FN4O2. The highest BCUT2D eigenvalue weighted by Crippen LogP contribution is 2.30. The van der Waals surface area contributed by atoms with Gasteiger partial charge < -0.3 is 14.7 Å². The highest BCUT2D eigenvalue weighted by molar-refractivity contribution is 5.78. The number of hydrogen-bond acceptors (Lipinski definition) is 4. The topological polar surface area (TPSA) is 74.2 Å². The first-order chi connectivity index (χ1) is 13.0. The van der Waals surface area contributed by atoms with E-state index < -0.39 is 11.9 Å². The predicted octanol–water partition coefficient (Wildman–Crippen LogP) is 2.35. The quantitative estimate of drug-likeness (QED) is 0.739. The van der Waals surface area contributed by atoms with Crippen LogP contribution in [-0.2, 0) is 13.6 Å². The molecule has 1 aliphatic heterocycles. The highest BCUT2D eigenvalue weighted by Gasteiger charge is 2.28. The second-order valence-corrected chi connectivity index (χ2v) is 7.28. The van der Waals surface area contributed by atoms with Crippen LogP contribution >= 0.6 is 0 Å². The van der Waals surface area contributed by atoms with E-state index in [1.165, 1.54) is 6.07 Å². The number of para-hydroxylation sites is 1. The van der Waals surface area contributed by atoms with Crippen molar-refractivity contribution >= 4 is 10.9 Å². The Kier molecular flexibility index (Phi) is 4.80. The molecule has 0 saturated carbocycles. The van der Waals surface area contributed by atoms with Crippen LogP contribution in [0.25, 0.3) is 10.9 Å². The van der Waals surface area contributed by atoms with Crippen LogP contribution < -0.4 is 5.43 Å². The first kappa shape index (κ1) is 17.9. The van der Waals surface area contributed by atoms with Crippen LogP contribution in [0.2, 0.25) is 0 Å². The lowest BCUT2D eigenvalue weighted by Gasteiger charge is -2.33. The van der Waals surface area contributed by atoms with E-state index in [2.05, 4.69) is 14.9 Å². The molecule has 1 saturated heterocycles. The van der Waals surface area contributed by atoms with E-state index in [1.54, 1.807) is 24.4 Å². The molecule has 0 bridgehead atoms. The third kappa shape index (κ3) is 3.52. The number of piperidine rings is 1. The van der Waals surface area contributed by atoms with E-state index >= 15 is 0 Å². The average Bonchev–Trinajstić information content (AvgIpc) is 3.09. The van der Waals surface area contributed by atoms with Crippen LogP contribution in [0.4, 0.5) is 4.39 Å². The van der Waals surface area contributed by atoms with Gasteiger partial charge in [0.1, 0.15) is 17.7 Å². The zero-order valence-electron chi connectivity index (χ0n) is 15.2. The maximum Gasteiger partial charge on any atom is 0.189 e. The van der Waals surface area contributed by atoms with Gasteiger partial charge in [-0.3, -0.25) is 9.69 Å². The Morgan fingerprint density at radius 1 is 1.37 bits per heavy atom. The van der Waals surface area contributed by atoms with Crippen LogP contribution in [-0.4, -0.2) is 37.6 Å². The second kappa shape index (κ2) is 7.25. The maximum absolute atomic E-state index is 14.0. The Bertz CT molecular complexity index is 1000. The normalized spacial score (nSPS) is 17.4. The number of hydrogen-bond donors (Lipinski definition) is 2. The fraction of sp³-hybridized carbons (Fsp3) is 0.400. The van der Waals surface area contributed by atoms with Gasteiger partial charge >= 0.3 is 0 Å². The van der Waals surface area contributed by atoms with Crippen molar-refractivity contribution in [2.75, 3.05) is 13.1 Å². The van der Waals surface area contributed by atoms with Crippen molar-refractivity contribution in [2.24, 2.45) is 13.0 Å². The van der Waals surface area contributed by atoms with Gasteiger partial charge in [-0.25, -0.2) is 9.37 Å². The molecule has 7 heteroatoms. The molecule has 27 heavy (non-hydrogen) atoms. The molecule has 6 nitrogen and oxygen atoms in total. The number of aromatic nitrogens is 3. The number of H-pyrrole nitrogens is 1. The van der Waals surface area contributed by atoms with Gasteiger partial charge in [-0.05, 0) is 44.0 Å². The number of benzene rings is 1. The first-order valence-electron chi connectivity index (χ1n) is 9.21.